The Morgan fingerprint density at radius 2 is 1.65 bits per heavy atom. The first-order chi connectivity index (χ1) is 12.7. The third kappa shape index (κ3) is 4.11. The van der Waals surface area contributed by atoms with E-state index in [0.717, 1.165) is 30.4 Å². The van der Waals surface area contributed by atoms with E-state index in [-0.39, 0.29) is 5.91 Å². The van der Waals surface area contributed by atoms with E-state index in [1.165, 1.54) is 0 Å². The number of likely N-dealkylation sites (tertiary alicyclic amines) is 1. The SMILES string of the molecule is O=CN1CCCC[C@H]1C(=O)N[C@@H](c1ccccc1)[C@H](O)c1ccccc1. The Kier molecular flexibility index (Phi) is 6.02. The van der Waals surface area contributed by atoms with Gasteiger partial charge >= 0.3 is 0 Å². The van der Waals surface area contributed by atoms with Crippen molar-refractivity contribution in [2.75, 3.05) is 6.54 Å². The molecule has 2 amide bonds. The van der Waals surface area contributed by atoms with Gasteiger partial charge < -0.3 is 15.3 Å². The lowest BCUT2D eigenvalue weighted by molar-refractivity contribution is -0.135. The molecule has 3 rings (SSSR count). The van der Waals surface area contributed by atoms with Gasteiger partial charge in [0.05, 0.1) is 6.04 Å². The molecule has 0 unspecified atom stereocenters. The van der Waals surface area contributed by atoms with Crippen LogP contribution in [0.15, 0.2) is 60.7 Å². The van der Waals surface area contributed by atoms with Crippen LogP contribution >= 0.6 is 0 Å². The number of aliphatic hydroxyl groups excluding tert-OH is 1. The lowest BCUT2D eigenvalue weighted by Gasteiger charge is -2.34. The fourth-order valence-electron chi connectivity index (χ4n) is 3.46. The third-order valence-electron chi connectivity index (χ3n) is 4.90. The smallest absolute Gasteiger partial charge is 0.243 e. The standard InChI is InChI=1S/C21H24N2O3/c24-15-23-14-8-7-13-18(23)21(26)22-19(16-9-3-1-4-10-16)20(25)17-11-5-2-6-12-17/h1-6,9-12,15,18-20,25H,7-8,13-14H2,(H,22,26)/t18-,19-,20+/m0/s1. The third-order valence-corrected chi connectivity index (χ3v) is 4.90. The lowest BCUT2D eigenvalue weighted by Crippen LogP contribution is -2.50. The lowest BCUT2D eigenvalue weighted by atomic mass is 9.94. The summed E-state index contributed by atoms with van der Waals surface area (Å²) < 4.78 is 0. The van der Waals surface area contributed by atoms with E-state index in [0.29, 0.717) is 13.0 Å². The predicted molar refractivity (Wildman–Crippen MR) is 99.1 cm³/mol. The average Bonchev–Trinajstić information content (AvgIpc) is 2.72. The van der Waals surface area contributed by atoms with E-state index >= 15 is 0 Å². The van der Waals surface area contributed by atoms with Crippen LogP contribution in [-0.4, -0.2) is 34.9 Å². The Labute approximate surface area is 153 Å². The quantitative estimate of drug-likeness (QED) is 0.785. The summed E-state index contributed by atoms with van der Waals surface area (Å²) in [6.45, 7) is 0.596. The van der Waals surface area contributed by atoms with Crippen molar-refractivity contribution in [1.29, 1.82) is 0 Å². The van der Waals surface area contributed by atoms with Crippen molar-refractivity contribution in [1.82, 2.24) is 10.2 Å². The summed E-state index contributed by atoms with van der Waals surface area (Å²) in [6, 6.07) is 17.6. The van der Waals surface area contributed by atoms with Gasteiger partial charge in [0.2, 0.25) is 12.3 Å². The highest BCUT2D eigenvalue weighted by Crippen LogP contribution is 2.29. The number of benzene rings is 2. The van der Waals surface area contributed by atoms with Gasteiger partial charge in [0.1, 0.15) is 12.1 Å². The van der Waals surface area contributed by atoms with Crippen molar-refractivity contribution >= 4 is 12.3 Å². The summed E-state index contributed by atoms with van der Waals surface area (Å²) in [5.41, 5.74) is 1.56. The molecule has 136 valence electrons. The monoisotopic (exact) mass is 352 g/mol. The Bertz CT molecular complexity index is 721. The van der Waals surface area contributed by atoms with E-state index in [1.807, 2.05) is 60.7 Å². The Hall–Kier alpha value is -2.66. The molecule has 5 heteroatoms. The first-order valence-electron chi connectivity index (χ1n) is 9.00. The van der Waals surface area contributed by atoms with Crippen LogP contribution in [0.1, 0.15) is 42.5 Å². The van der Waals surface area contributed by atoms with Crippen molar-refractivity contribution in [2.45, 2.75) is 37.5 Å². The van der Waals surface area contributed by atoms with Crippen LogP contribution in [0.3, 0.4) is 0 Å². The molecule has 1 aliphatic heterocycles. The summed E-state index contributed by atoms with van der Waals surface area (Å²) in [7, 11) is 0. The molecule has 1 saturated heterocycles. The topological polar surface area (TPSA) is 69.6 Å². The largest absolute Gasteiger partial charge is 0.386 e. The van der Waals surface area contributed by atoms with Gasteiger partial charge in [0, 0.05) is 6.54 Å². The minimum Gasteiger partial charge on any atom is -0.386 e. The zero-order valence-corrected chi connectivity index (χ0v) is 14.6. The number of aliphatic hydroxyl groups is 1. The fraction of sp³-hybridized carbons (Fsp3) is 0.333. The van der Waals surface area contributed by atoms with E-state index in [4.69, 9.17) is 0 Å². The molecule has 0 saturated carbocycles. The van der Waals surface area contributed by atoms with Crippen molar-refractivity contribution in [3.63, 3.8) is 0 Å². The first kappa shape index (κ1) is 18.1. The highest BCUT2D eigenvalue weighted by atomic mass is 16.3. The zero-order valence-electron chi connectivity index (χ0n) is 14.6. The van der Waals surface area contributed by atoms with Crippen molar-refractivity contribution in [3.8, 4) is 0 Å². The van der Waals surface area contributed by atoms with Gasteiger partial charge in [-0.2, -0.15) is 0 Å². The van der Waals surface area contributed by atoms with Crippen LogP contribution in [0.4, 0.5) is 0 Å². The van der Waals surface area contributed by atoms with Crippen molar-refractivity contribution < 1.29 is 14.7 Å². The molecule has 0 aliphatic carbocycles. The number of carbonyl (C=O) groups excluding carboxylic acids is 2. The molecule has 5 nitrogen and oxygen atoms in total. The van der Waals surface area contributed by atoms with Crippen LogP contribution in [0, 0.1) is 0 Å². The van der Waals surface area contributed by atoms with Crippen LogP contribution in [0.2, 0.25) is 0 Å². The number of hydrogen-bond donors (Lipinski definition) is 2. The molecule has 1 aliphatic rings. The summed E-state index contributed by atoms with van der Waals surface area (Å²) in [6.07, 6.45) is 2.34. The number of amides is 2. The summed E-state index contributed by atoms with van der Waals surface area (Å²) in [5.74, 6) is -0.222. The summed E-state index contributed by atoms with van der Waals surface area (Å²) in [5, 5.41) is 13.9. The number of nitrogens with one attached hydrogen (secondary N) is 1. The molecule has 0 spiro atoms. The van der Waals surface area contributed by atoms with Crippen LogP contribution in [0.25, 0.3) is 0 Å². The van der Waals surface area contributed by atoms with E-state index < -0.39 is 18.2 Å². The number of hydrogen-bond acceptors (Lipinski definition) is 3. The second-order valence-electron chi connectivity index (χ2n) is 6.61. The normalized spacial score (nSPS) is 19.4. The highest BCUT2D eigenvalue weighted by Gasteiger charge is 2.31. The minimum absolute atomic E-state index is 0.222. The van der Waals surface area contributed by atoms with Crippen LogP contribution in [0.5, 0.6) is 0 Å². The Balaban J connectivity index is 1.84. The molecule has 0 bridgehead atoms. The first-order valence-corrected chi connectivity index (χ1v) is 9.00. The fourth-order valence-corrected chi connectivity index (χ4v) is 3.46. The molecule has 0 aromatic heterocycles. The number of nitrogens with zero attached hydrogens (tertiary/aromatic N) is 1. The maximum atomic E-state index is 12.9. The minimum atomic E-state index is -0.879. The Morgan fingerprint density at radius 3 is 2.27 bits per heavy atom. The van der Waals surface area contributed by atoms with E-state index in [1.54, 1.807) is 4.90 Å². The van der Waals surface area contributed by atoms with Gasteiger partial charge in [-0.25, -0.2) is 0 Å². The maximum absolute atomic E-state index is 12.9. The molecular weight excluding hydrogens is 328 g/mol. The number of rotatable bonds is 6. The molecule has 0 radical (unpaired) electrons. The molecule has 2 aromatic carbocycles. The molecule has 3 atom stereocenters. The number of carbonyl (C=O) groups is 2. The summed E-state index contributed by atoms with van der Waals surface area (Å²) in [4.78, 5) is 25.7. The van der Waals surface area contributed by atoms with Gasteiger partial charge in [-0.3, -0.25) is 9.59 Å². The van der Waals surface area contributed by atoms with Gasteiger partial charge in [-0.1, -0.05) is 60.7 Å². The zero-order chi connectivity index (χ0) is 18.4. The second kappa shape index (κ2) is 8.63. The van der Waals surface area contributed by atoms with Crippen molar-refractivity contribution in [2.24, 2.45) is 0 Å². The van der Waals surface area contributed by atoms with Gasteiger partial charge in [0.25, 0.3) is 0 Å². The van der Waals surface area contributed by atoms with Crippen molar-refractivity contribution in [3.05, 3.63) is 71.8 Å². The van der Waals surface area contributed by atoms with E-state index in [2.05, 4.69) is 5.32 Å². The molecule has 1 fully saturated rings. The highest BCUT2D eigenvalue weighted by molar-refractivity contribution is 5.84. The second-order valence-corrected chi connectivity index (χ2v) is 6.61. The molecule has 2 N–H and O–H groups in total. The Morgan fingerprint density at radius 1 is 1.04 bits per heavy atom. The van der Waals surface area contributed by atoms with Crippen LogP contribution in [-0.2, 0) is 9.59 Å². The van der Waals surface area contributed by atoms with Gasteiger partial charge in [-0.15, -0.1) is 0 Å². The van der Waals surface area contributed by atoms with Gasteiger partial charge in [-0.05, 0) is 30.4 Å². The molecular formula is C21H24N2O3. The maximum Gasteiger partial charge on any atom is 0.243 e. The summed E-state index contributed by atoms with van der Waals surface area (Å²) >= 11 is 0. The average molecular weight is 352 g/mol. The predicted octanol–water partition coefficient (Wildman–Crippen LogP) is 2.59. The molecule has 2 aromatic rings. The van der Waals surface area contributed by atoms with Crippen LogP contribution < -0.4 is 5.32 Å². The van der Waals surface area contributed by atoms with Gasteiger partial charge in [0.15, 0.2) is 0 Å². The molecule has 1 heterocycles. The van der Waals surface area contributed by atoms with E-state index in [9.17, 15) is 14.7 Å². The molecule has 26 heavy (non-hydrogen) atoms. The number of piperidine rings is 1.